The van der Waals surface area contributed by atoms with Crippen molar-refractivity contribution in [3.63, 3.8) is 0 Å². The summed E-state index contributed by atoms with van der Waals surface area (Å²) in [7, 11) is 0. The van der Waals surface area contributed by atoms with Crippen LogP contribution in [-0.4, -0.2) is 11.3 Å². The third-order valence-corrected chi connectivity index (χ3v) is 4.85. The van der Waals surface area contributed by atoms with E-state index in [9.17, 15) is 4.79 Å². The normalized spacial score (nSPS) is 10.7. The Labute approximate surface area is 113 Å². The Bertz CT molecular complexity index is 691. The van der Waals surface area contributed by atoms with E-state index in [-0.39, 0.29) is 0 Å². The van der Waals surface area contributed by atoms with E-state index in [0.29, 0.717) is 0 Å². The third kappa shape index (κ3) is 2.05. The molecule has 0 aliphatic heterocycles. The molecule has 2 nitrogen and oxygen atoms in total. The van der Waals surface area contributed by atoms with Crippen LogP contribution in [0.5, 0.6) is 0 Å². The second-order valence-electron chi connectivity index (χ2n) is 3.68. The maximum Gasteiger partial charge on any atom is 0.161 e. The second-order valence-corrected chi connectivity index (χ2v) is 5.79. The number of aromatic nitrogens is 1. The van der Waals surface area contributed by atoms with Crippen molar-refractivity contribution in [1.82, 2.24) is 4.98 Å². The molecule has 0 amide bonds. The highest BCUT2D eigenvalue weighted by Gasteiger charge is 2.12. The van der Waals surface area contributed by atoms with Crippen LogP contribution in [0.2, 0.25) is 0 Å². The van der Waals surface area contributed by atoms with Crippen LogP contribution < -0.4 is 0 Å². The van der Waals surface area contributed by atoms with Gasteiger partial charge in [0.2, 0.25) is 0 Å². The highest BCUT2D eigenvalue weighted by atomic mass is 32.2. The number of carbonyl (C=O) groups is 1. The summed E-state index contributed by atoms with van der Waals surface area (Å²) in [6.45, 7) is 0. The van der Waals surface area contributed by atoms with Crippen molar-refractivity contribution in [3.8, 4) is 0 Å². The van der Waals surface area contributed by atoms with Crippen LogP contribution in [0.1, 0.15) is 9.67 Å². The first-order valence-corrected chi connectivity index (χ1v) is 7.07. The van der Waals surface area contributed by atoms with E-state index in [1.54, 1.807) is 18.0 Å². The number of nitrogens with zero attached hydrogens (tertiary/aromatic N) is 1. The number of pyridine rings is 1. The molecule has 0 unspecified atom stereocenters. The van der Waals surface area contributed by atoms with Gasteiger partial charge in [0.1, 0.15) is 5.03 Å². The van der Waals surface area contributed by atoms with E-state index < -0.39 is 0 Å². The van der Waals surface area contributed by atoms with Crippen molar-refractivity contribution < 1.29 is 4.79 Å². The van der Waals surface area contributed by atoms with E-state index >= 15 is 0 Å². The zero-order valence-corrected chi connectivity index (χ0v) is 11.0. The number of carbonyl (C=O) groups excluding carboxylic acids is 1. The SMILES string of the molecule is O=Cc1sc2ccccc2c1Sc1ccccn1. The molecule has 0 fully saturated rings. The average Bonchev–Trinajstić information content (AvgIpc) is 2.78. The Kier molecular flexibility index (Phi) is 3.13. The lowest BCUT2D eigenvalue weighted by atomic mass is 10.2. The van der Waals surface area contributed by atoms with Crippen molar-refractivity contribution in [1.29, 1.82) is 0 Å². The summed E-state index contributed by atoms with van der Waals surface area (Å²) in [5.74, 6) is 0. The molecule has 4 heteroatoms. The molecule has 0 aliphatic rings. The van der Waals surface area contributed by atoms with Crippen LogP contribution in [0.4, 0.5) is 0 Å². The van der Waals surface area contributed by atoms with Crippen LogP contribution in [0.3, 0.4) is 0 Å². The highest BCUT2D eigenvalue weighted by Crippen LogP contribution is 2.39. The number of rotatable bonds is 3. The Balaban J connectivity index is 2.12. The second kappa shape index (κ2) is 4.92. The third-order valence-electron chi connectivity index (χ3n) is 2.53. The molecule has 0 spiro atoms. The fourth-order valence-electron chi connectivity index (χ4n) is 1.74. The van der Waals surface area contributed by atoms with Crippen molar-refractivity contribution in [3.05, 3.63) is 53.5 Å². The fourth-order valence-corrected chi connectivity index (χ4v) is 3.87. The minimum absolute atomic E-state index is 0.770. The summed E-state index contributed by atoms with van der Waals surface area (Å²) in [6.07, 6.45) is 2.69. The van der Waals surface area contributed by atoms with Gasteiger partial charge in [0.15, 0.2) is 6.29 Å². The molecule has 88 valence electrons. The summed E-state index contributed by atoms with van der Waals surface area (Å²) in [5.41, 5.74) is 0. The number of benzene rings is 1. The molecular weight excluding hydrogens is 262 g/mol. The van der Waals surface area contributed by atoms with E-state index in [2.05, 4.69) is 4.98 Å². The van der Waals surface area contributed by atoms with Gasteiger partial charge in [-0.3, -0.25) is 4.79 Å². The number of thiophene rings is 1. The summed E-state index contributed by atoms with van der Waals surface area (Å²) in [5, 5.41) is 2.03. The van der Waals surface area contributed by atoms with E-state index in [4.69, 9.17) is 0 Å². The van der Waals surface area contributed by atoms with Gasteiger partial charge in [-0.05, 0) is 18.2 Å². The van der Waals surface area contributed by atoms with Gasteiger partial charge in [-0.15, -0.1) is 11.3 Å². The molecule has 0 bridgehead atoms. The first-order chi connectivity index (χ1) is 8.88. The van der Waals surface area contributed by atoms with Crippen molar-refractivity contribution in [2.75, 3.05) is 0 Å². The van der Waals surface area contributed by atoms with Gasteiger partial charge in [0.25, 0.3) is 0 Å². The van der Waals surface area contributed by atoms with Crippen LogP contribution in [0.15, 0.2) is 58.6 Å². The first-order valence-electron chi connectivity index (χ1n) is 5.44. The smallest absolute Gasteiger partial charge is 0.161 e. The van der Waals surface area contributed by atoms with Gasteiger partial charge in [-0.25, -0.2) is 4.98 Å². The Morgan fingerprint density at radius 1 is 1.11 bits per heavy atom. The minimum atomic E-state index is 0.770. The van der Waals surface area contributed by atoms with Crippen molar-refractivity contribution >= 4 is 39.5 Å². The molecule has 0 atom stereocenters. The van der Waals surface area contributed by atoms with E-state index in [1.165, 1.54) is 11.3 Å². The van der Waals surface area contributed by atoms with Gasteiger partial charge in [-0.2, -0.15) is 0 Å². The van der Waals surface area contributed by atoms with Crippen LogP contribution >= 0.6 is 23.1 Å². The monoisotopic (exact) mass is 271 g/mol. The highest BCUT2D eigenvalue weighted by molar-refractivity contribution is 7.99. The molecule has 0 saturated heterocycles. The lowest BCUT2D eigenvalue weighted by Crippen LogP contribution is -1.80. The Morgan fingerprint density at radius 2 is 1.94 bits per heavy atom. The fraction of sp³-hybridized carbons (Fsp3) is 0. The Hall–Kier alpha value is -1.65. The topological polar surface area (TPSA) is 30.0 Å². The lowest BCUT2D eigenvalue weighted by Gasteiger charge is -1.99. The zero-order valence-electron chi connectivity index (χ0n) is 9.37. The maximum absolute atomic E-state index is 11.2. The standard InChI is InChI=1S/C14H9NOS2/c16-9-12-14(18-13-7-3-4-8-15-13)10-5-1-2-6-11(10)17-12/h1-9H. The molecule has 3 rings (SSSR count). The summed E-state index contributed by atoms with van der Waals surface area (Å²) in [6, 6.07) is 13.8. The predicted molar refractivity (Wildman–Crippen MR) is 75.6 cm³/mol. The molecule has 2 heterocycles. The molecule has 18 heavy (non-hydrogen) atoms. The largest absolute Gasteiger partial charge is 0.297 e. The average molecular weight is 271 g/mol. The minimum Gasteiger partial charge on any atom is -0.297 e. The van der Waals surface area contributed by atoms with E-state index in [1.807, 2.05) is 42.5 Å². The first kappa shape index (κ1) is 11.4. The van der Waals surface area contributed by atoms with Crippen LogP contribution in [0.25, 0.3) is 10.1 Å². The van der Waals surface area contributed by atoms with Gasteiger partial charge in [0, 0.05) is 21.2 Å². The lowest BCUT2D eigenvalue weighted by molar-refractivity contribution is 0.112. The maximum atomic E-state index is 11.2. The molecule has 0 N–H and O–H groups in total. The van der Waals surface area contributed by atoms with Gasteiger partial charge >= 0.3 is 0 Å². The molecule has 3 aromatic rings. The van der Waals surface area contributed by atoms with Gasteiger partial charge < -0.3 is 0 Å². The molecule has 0 saturated carbocycles. The number of fused-ring (bicyclic) bond motifs is 1. The Morgan fingerprint density at radius 3 is 2.72 bits per heavy atom. The number of hydrogen-bond acceptors (Lipinski definition) is 4. The van der Waals surface area contributed by atoms with E-state index in [0.717, 1.165) is 31.2 Å². The quantitative estimate of drug-likeness (QED) is 0.667. The predicted octanol–water partition coefficient (Wildman–Crippen LogP) is 4.26. The molecule has 0 radical (unpaired) electrons. The molecule has 1 aromatic carbocycles. The number of aldehydes is 1. The zero-order chi connectivity index (χ0) is 12.4. The van der Waals surface area contributed by atoms with Crippen molar-refractivity contribution in [2.24, 2.45) is 0 Å². The van der Waals surface area contributed by atoms with Crippen LogP contribution in [-0.2, 0) is 0 Å². The van der Waals surface area contributed by atoms with Crippen molar-refractivity contribution in [2.45, 2.75) is 9.92 Å². The summed E-state index contributed by atoms with van der Waals surface area (Å²) < 4.78 is 1.14. The summed E-state index contributed by atoms with van der Waals surface area (Å²) in [4.78, 5) is 17.2. The van der Waals surface area contributed by atoms with Crippen LogP contribution in [0, 0.1) is 0 Å². The number of hydrogen-bond donors (Lipinski definition) is 0. The van der Waals surface area contributed by atoms with Gasteiger partial charge in [0.05, 0.1) is 4.88 Å². The van der Waals surface area contributed by atoms with Gasteiger partial charge in [-0.1, -0.05) is 36.0 Å². The molecular formula is C14H9NOS2. The molecule has 0 aliphatic carbocycles. The summed E-state index contributed by atoms with van der Waals surface area (Å²) >= 11 is 3.07. The molecule has 2 aromatic heterocycles.